The molecule has 0 saturated carbocycles. The fourth-order valence-corrected chi connectivity index (χ4v) is 3.66. The van der Waals surface area contributed by atoms with Crippen LogP contribution in [0.15, 0.2) is 16.5 Å². The standard InChI is InChI=1S/C21H29N3O3/c1-6-22-20(25)16-9-10-24(11-16)12-18-15(4)27-21(23-18)17-7-8-19(26-5)14(3)13(17)2/h7-8,16H,6,9-12H2,1-5H3,(H,22,25)/t16-/m0/s1. The molecule has 0 radical (unpaired) electrons. The Bertz CT molecular complexity index is 828. The van der Waals surface area contributed by atoms with Gasteiger partial charge in [0.2, 0.25) is 11.8 Å². The van der Waals surface area contributed by atoms with Gasteiger partial charge in [-0.3, -0.25) is 9.69 Å². The number of aromatic nitrogens is 1. The van der Waals surface area contributed by atoms with E-state index < -0.39 is 0 Å². The molecule has 0 unspecified atom stereocenters. The number of ether oxygens (including phenoxy) is 1. The zero-order valence-corrected chi connectivity index (χ0v) is 16.9. The second-order valence-electron chi connectivity index (χ2n) is 7.20. The lowest BCUT2D eigenvalue weighted by Gasteiger charge is -2.14. The van der Waals surface area contributed by atoms with Gasteiger partial charge in [0.1, 0.15) is 11.5 Å². The van der Waals surface area contributed by atoms with Gasteiger partial charge >= 0.3 is 0 Å². The maximum atomic E-state index is 12.0. The zero-order chi connectivity index (χ0) is 19.6. The first-order valence-electron chi connectivity index (χ1n) is 9.55. The number of oxazole rings is 1. The van der Waals surface area contributed by atoms with Gasteiger partial charge in [-0.2, -0.15) is 0 Å². The van der Waals surface area contributed by atoms with E-state index in [0.717, 1.165) is 53.4 Å². The molecule has 1 aliphatic heterocycles. The molecule has 2 heterocycles. The highest BCUT2D eigenvalue weighted by atomic mass is 16.5. The van der Waals surface area contributed by atoms with Crippen LogP contribution in [0.5, 0.6) is 5.75 Å². The largest absolute Gasteiger partial charge is 0.496 e. The maximum Gasteiger partial charge on any atom is 0.226 e. The van der Waals surface area contributed by atoms with Crippen molar-refractivity contribution in [2.75, 3.05) is 26.7 Å². The molecule has 1 saturated heterocycles. The number of amides is 1. The predicted molar refractivity (Wildman–Crippen MR) is 105 cm³/mol. The van der Waals surface area contributed by atoms with Crippen LogP contribution in [-0.4, -0.2) is 42.5 Å². The summed E-state index contributed by atoms with van der Waals surface area (Å²) < 4.78 is 11.4. The summed E-state index contributed by atoms with van der Waals surface area (Å²) in [5.41, 5.74) is 4.13. The number of likely N-dealkylation sites (tertiary alicyclic amines) is 1. The number of benzene rings is 1. The summed E-state index contributed by atoms with van der Waals surface area (Å²) in [6, 6.07) is 3.95. The van der Waals surface area contributed by atoms with E-state index >= 15 is 0 Å². The van der Waals surface area contributed by atoms with Crippen LogP contribution in [0.4, 0.5) is 0 Å². The number of hydrogen-bond acceptors (Lipinski definition) is 5. The van der Waals surface area contributed by atoms with E-state index in [1.165, 1.54) is 0 Å². The smallest absolute Gasteiger partial charge is 0.226 e. The molecule has 146 valence electrons. The number of nitrogens with zero attached hydrogens (tertiary/aromatic N) is 2. The third kappa shape index (κ3) is 4.00. The maximum absolute atomic E-state index is 12.0. The van der Waals surface area contributed by atoms with E-state index in [4.69, 9.17) is 14.1 Å². The molecule has 1 atom stereocenters. The highest BCUT2D eigenvalue weighted by Gasteiger charge is 2.29. The molecule has 1 aromatic carbocycles. The van der Waals surface area contributed by atoms with Gasteiger partial charge in [0, 0.05) is 25.2 Å². The van der Waals surface area contributed by atoms with Gasteiger partial charge in [-0.05, 0) is 63.9 Å². The SMILES string of the molecule is CCNC(=O)[C@H]1CCN(Cc2nc(-c3ccc(OC)c(C)c3C)oc2C)C1. The summed E-state index contributed by atoms with van der Waals surface area (Å²) in [5.74, 6) is 2.57. The summed E-state index contributed by atoms with van der Waals surface area (Å²) in [7, 11) is 1.68. The van der Waals surface area contributed by atoms with Gasteiger partial charge < -0.3 is 14.5 Å². The van der Waals surface area contributed by atoms with Crippen molar-refractivity contribution in [1.29, 1.82) is 0 Å². The van der Waals surface area contributed by atoms with Crippen LogP contribution < -0.4 is 10.1 Å². The highest BCUT2D eigenvalue weighted by molar-refractivity contribution is 5.79. The minimum Gasteiger partial charge on any atom is -0.496 e. The van der Waals surface area contributed by atoms with Gasteiger partial charge in [-0.1, -0.05) is 0 Å². The Hall–Kier alpha value is -2.34. The number of rotatable bonds is 6. The predicted octanol–water partition coefficient (Wildman–Crippen LogP) is 3.23. The minimum absolute atomic E-state index is 0.0723. The fourth-order valence-electron chi connectivity index (χ4n) is 3.66. The molecule has 1 aliphatic rings. The quantitative estimate of drug-likeness (QED) is 0.844. The Morgan fingerprint density at radius 2 is 2.11 bits per heavy atom. The summed E-state index contributed by atoms with van der Waals surface area (Å²) in [6.45, 7) is 11.1. The fraction of sp³-hybridized carbons (Fsp3) is 0.524. The minimum atomic E-state index is 0.0723. The van der Waals surface area contributed by atoms with E-state index in [0.29, 0.717) is 19.0 Å². The first-order chi connectivity index (χ1) is 12.9. The Balaban J connectivity index is 1.74. The van der Waals surface area contributed by atoms with Crippen LogP contribution in [0.1, 0.15) is 35.9 Å². The molecule has 1 N–H and O–H groups in total. The summed E-state index contributed by atoms with van der Waals surface area (Å²) >= 11 is 0. The van der Waals surface area contributed by atoms with Gasteiger partial charge in [0.25, 0.3) is 0 Å². The average molecular weight is 371 g/mol. The Morgan fingerprint density at radius 3 is 2.81 bits per heavy atom. The summed E-state index contributed by atoms with van der Waals surface area (Å²) in [4.78, 5) is 19.1. The Morgan fingerprint density at radius 1 is 1.33 bits per heavy atom. The third-order valence-electron chi connectivity index (χ3n) is 5.45. The number of methoxy groups -OCH3 is 1. The topological polar surface area (TPSA) is 67.6 Å². The zero-order valence-electron chi connectivity index (χ0n) is 16.9. The summed E-state index contributed by atoms with van der Waals surface area (Å²) in [6.07, 6.45) is 0.895. The van der Waals surface area contributed by atoms with Crippen molar-refractivity contribution in [3.63, 3.8) is 0 Å². The van der Waals surface area contributed by atoms with E-state index in [9.17, 15) is 4.79 Å². The van der Waals surface area contributed by atoms with Crippen molar-refractivity contribution in [1.82, 2.24) is 15.2 Å². The summed E-state index contributed by atoms with van der Waals surface area (Å²) in [5, 5.41) is 2.92. The van der Waals surface area contributed by atoms with Gasteiger partial charge in [-0.25, -0.2) is 4.98 Å². The van der Waals surface area contributed by atoms with Crippen molar-refractivity contribution < 1.29 is 13.9 Å². The van der Waals surface area contributed by atoms with Crippen LogP contribution in [0.3, 0.4) is 0 Å². The normalized spacial score (nSPS) is 17.3. The van der Waals surface area contributed by atoms with Crippen molar-refractivity contribution in [2.45, 2.75) is 40.7 Å². The molecular weight excluding hydrogens is 342 g/mol. The average Bonchev–Trinajstić information content (AvgIpc) is 3.25. The van der Waals surface area contributed by atoms with Crippen LogP contribution in [0, 0.1) is 26.7 Å². The molecule has 0 bridgehead atoms. The van der Waals surface area contributed by atoms with Crippen LogP contribution in [0.2, 0.25) is 0 Å². The number of hydrogen-bond donors (Lipinski definition) is 1. The van der Waals surface area contributed by atoms with Crippen LogP contribution >= 0.6 is 0 Å². The second kappa shape index (κ2) is 8.13. The molecule has 27 heavy (non-hydrogen) atoms. The molecule has 1 aromatic heterocycles. The number of carbonyl (C=O) groups excluding carboxylic acids is 1. The van der Waals surface area contributed by atoms with Gasteiger partial charge in [0.05, 0.1) is 18.7 Å². The van der Waals surface area contributed by atoms with Crippen molar-refractivity contribution in [3.8, 4) is 17.2 Å². The van der Waals surface area contributed by atoms with E-state index in [-0.39, 0.29) is 11.8 Å². The lowest BCUT2D eigenvalue weighted by molar-refractivity contribution is -0.124. The molecule has 0 spiro atoms. The first-order valence-corrected chi connectivity index (χ1v) is 9.55. The Labute approximate surface area is 160 Å². The molecule has 6 nitrogen and oxygen atoms in total. The van der Waals surface area contributed by atoms with Crippen molar-refractivity contribution in [3.05, 3.63) is 34.7 Å². The van der Waals surface area contributed by atoms with Crippen LogP contribution in [0.25, 0.3) is 11.5 Å². The van der Waals surface area contributed by atoms with E-state index in [1.54, 1.807) is 7.11 Å². The molecular formula is C21H29N3O3. The van der Waals surface area contributed by atoms with Gasteiger partial charge in [-0.15, -0.1) is 0 Å². The molecule has 0 aliphatic carbocycles. The van der Waals surface area contributed by atoms with Crippen molar-refractivity contribution in [2.24, 2.45) is 5.92 Å². The Kier molecular flexibility index (Phi) is 5.85. The van der Waals surface area contributed by atoms with Crippen molar-refractivity contribution >= 4 is 5.91 Å². The number of nitrogens with one attached hydrogen (secondary N) is 1. The second-order valence-corrected chi connectivity index (χ2v) is 7.20. The third-order valence-corrected chi connectivity index (χ3v) is 5.45. The molecule has 6 heteroatoms. The highest BCUT2D eigenvalue weighted by Crippen LogP contribution is 2.32. The molecule has 1 fully saturated rings. The molecule has 3 rings (SSSR count). The number of carbonyl (C=O) groups is 1. The monoisotopic (exact) mass is 371 g/mol. The van der Waals surface area contributed by atoms with Gasteiger partial charge in [0.15, 0.2) is 0 Å². The molecule has 1 amide bonds. The van der Waals surface area contributed by atoms with E-state index in [2.05, 4.69) is 17.1 Å². The lowest BCUT2D eigenvalue weighted by atomic mass is 10.0. The molecule has 2 aromatic rings. The van der Waals surface area contributed by atoms with Crippen LogP contribution in [-0.2, 0) is 11.3 Å². The number of aryl methyl sites for hydroxylation is 1. The lowest BCUT2D eigenvalue weighted by Crippen LogP contribution is -2.32. The van der Waals surface area contributed by atoms with E-state index in [1.807, 2.05) is 32.9 Å². The first kappa shape index (κ1) is 19.4.